The summed E-state index contributed by atoms with van der Waals surface area (Å²) in [5, 5.41) is 5.31. The molecule has 2 heterocycles. The first-order valence-corrected chi connectivity index (χ1v) is 10.2. The van der Waals surface area contributed by atoms with Gasteiger partial charge in [-0.15, -0.1) is 11.3 Å². The van der Waals surface area contributed by atoms with E-state index < -0.39 is 0 Å². The van der Waals surface area contributed by atoms with Crippen molar-refractivity contribution in [3.63, 3.8) is 0 Å². The summed E-state index contributed by atoms with van der Waals surface area (Å²) in [6.07, 6.45) is 4.53. The summed E-state index contributed by atoms with van der Waals surface area (Å²) in [5.41, 5.74) is 7.18. The number of benzene rings is 1. The highest BCUT2D eigenvalue weighted by Crippen LogP contribution is 2.32. The second-order valence-electron chi connectivity index (χ2n) is 7.18. The van der Waals surface area contributed by atoms with Gasteiger partial charge in [-0.3, -0.25) is 4.79 Å². The van der Waals surface area contributed by atoms with Crippen molar-refractivity contribution in [1.29, 1.82) is 0 Å². The third-order valence-corrected chi connectivity index (χ3v) is 6.22. The van der Waals surface area contributed by atoms with Crippen LogP contribution in [-0.4, -0.2) is 12.5 Å². The van der Waals surface area contributed by atoms with Gasteiger partial charge in [0, 0.05) is 35.8 Å². The fraction of sp³-hybridized carbons (Fsp3) is 0.409. The van der Waals surface area contributed by atoms with E-state index in [-0.39, 0.29) is 5.91 Å². The maximum absolute atomic E-state index is 12.3. The van der Waals surface area contributed by atoms with Gasteiger partial charge in [0.2, 0.25) is 5.91 Å². The van der Waals surface area contributed by atoms with Crippen molar-refractivity contribution >= 4 is 28.6 Å². The number of amides is 1. The van der Waals surface area contributed by atoms with E-state index in [4.69, 9.17) is 0 Å². The van der Waals surface area contributed by atoms with E-state index in [0.29, 0.717) is 6.42 Å². The van der Waals surface area contributed by atoms with Crippen LogP contribution >= 0.6 is 11.3 Å². The van der Waals surface area contributed by atoms with Crippen LogP contribution in [0.4, 0.5) is 11.4 Å². The van der Waals surface area contributed by atoms with Crippen LogP contribution in [0.15, 0.2) is 35.2 Å². The van der Waals surface area contributed by atoms with Crippen LogP contribution in [0.3, 0.4) is 0 Å². The minimum Gasteiger partial charge on any atom is -0.367 e. The number of fused-ring (bicyclic) bond motifs is 1. The van der Waals surface area contributed by atoms with E-state index in [1.54, 1.807) is 0 Å². The number of rotatable bonds is 5. The van der Waals surface area contributed by atoms with E-state index >= 15 is 0 Å². The predicted octanol–water partition coefficient (Wildman–Crippen LogP) is 5.61. The zero-order valence-electron chi connectivity index (χ0n) is 16.2. The van der Waals surface area contributed by atoms with Crippen LogP contribution < -0.4 is 10.2 Å². The largest absolute Gasteiger partial charge is 0.367 e. The van der Waals surface area contributed by atoms with Crippen LogP contribution in [0.5, 0.6) is 0 Å². The Labute approximate surface area is 160 Å². The molecule has 0 saturated carbocycles. The minimum atomic E-state index is 0.0889. The molecule has 0 aliphatic carbocycles. The van der Waals surface area contributed by atoms with Crippen molar-refractivity contribution in [2.75, 3.05) is 16.8 Å². The zero-order valence-corrected chi connectivity index (χ0v) is 17.0. The molecule has 0 bridgehead atoms. The number of allylic oxidation sites excluding steroid dienone is 2. The van der Waals surface area contributed by atoms with Crippen LogP contribution in [0, 0.1) is 13.8 Å². The summed E-state index contributed by atoms with van der Waals surface area (Å²) in [5.74, 6) is 0.0889. The van der Waals surface area contributed by atoms with Crippen molar-refractivity contribution in [3.8, 4) is 0 Å². The number of nitrogens with zero attached hydrogens (tertiary/aromatic N) is 1. The number of carbonyl (C=O) groups excluding carboxylic acids is 1. The lowest BCUT2D eigenvalue weighted by Gasteiger charge is -2.30. The summed E-state index contributed by atoms with van der Waals surface area (Å²) < 4.78 is 0. The van der Waals surface area contributed by atoms with Gasteiger partial charge in [-0.05, 0) is 80.8 Å². The highest BCUT2D eigenvalue weighted by atomic mass is 32.1. The highest BCUT2D eigenvalue weighted by molar-refractivity contribution is 7.10. The lowest BCUT2D eigenvalue weighted by molar-refractivity contribution is -0.116. The standard InChI is InChI=1S/C22H28N2OS/c1-5-15(2)6-7-21(25)23-22-16(3)12-19(13-17(22)4)24-10-8-20-18(14-24)9-11-26-20/h5,9,11-13H,6-8,10,14H2,1-4H3,(H,23,25). The summed E-state index contributed by atoms with van der Waals surface area (Å²) >= 11 is 1.87. The van der Waals surface area contributed by atoms with Crippen LogP contribution in [0.25, 0.3) is 0 Å². The molecule has 0 atom stereocenters. The highest BCUT2D eigenvalue weighted by Gasteiger charge is 2.19. The Morgan fingerprint density at radius 1 is 1.27 bits per heavy atom. The first-order valence-electron chi connectivity index (χ1n) is 9.31. The molecule has 1 aromatic carbocycles. The molecule has 1 aromatic heterocycles. The van der Waals surface area contributed by atoms with Gasteiger partial charge in [0.1, 0.15) is 0 Å². The van der Waals surface area contributed by atoms with E-state index in [1.165, 1.54) is 21.7 Å². The summed E-state index contributed by atoms with van der Waals surface area (Å²) in [6.45, 7) is 10.3. The average Bonchev–Trinajstić information content (AvgIpc) is 3.10. The van der Waals surface area contributed by atoms with Gasteiger partial charge in [0.05, 0.1) is 0 Å². The van der Waals surface area contributed by atoms with Gasteiger partial charge >= 0.3 is 0 Å². The first-order chi connectivity index (χ1) is 12.5. The molecule has 0 radical (unpaired) electrons. The van der Waals surface area contributed by atoms with Crippen molar-refractivity contribution in [2.24, 2.45) is 0 Å². The number of nitrogens with one attached hydrogen (secondary N) is 1. The van der Waals surface area contributed by atoms with Crippen molar-refractivity contribution in [3.05, 3.63) is 56.8 Å². The van der Waals surface area contributed by atoms with Gasteiger partial charge in [-0.25, -0.2) is 0 Å². The zero-order chi connectivity index (χ0) is 18.7. The van der Waals surface area contributed by atoms with Gasteiger partial charge in [0.15, 0.2) is 0 Å². The van der Waals surface area contributed by atoms with Crippen molar-refractivity contribution < 1.29 is 4.79 Å². The van der Waals surface area contributed by atoms with Crippen LogP contribution in [-0.2, 0) is 17.8 Å². The summed E-state index contributed by atoms with van der Waals surface area (Å²) in [6, 6.07) is 6.65. The molecule has 26 heavy (non-hydrogen) atoms. The summed E-state index contributed by atoms with van der Waals surface area (Å²) in [7, 11) is 0. The SMILES string of the molecule is CC=C(C)CCC(=O)Nc1c(C)cc(N2CCc3sccc3C2)cc1C. The Morgan fingerprint density at radius 3 is 2.69 bits per heavy atom. The van der Waals surface area contributed by atoms with E-state index in [0.717, 1.165) is 42.7 Å². The molecule has 4 heteroatoms. The second kappa shape index (κ2) is 8.09. The van der Waals surface area contributed by atoms with Gasteiger partial charge in [0.25, 0.3) is 0 Å². The molecule has 3 rings (SSSR count). The lowest BCUT2D eigenvalue weighted by Crippen LogP contribution is -2.29. The lowest BCUT2D eigenvalue weighted by atomic mass is 10.0. The molecule has 1 aliphatic heterocycles. The molecule has 0 saturated heterocycles. The van der Waals surface area contributed by atoms with Crippen LogP contribution in [0.1, 0.15) is 48.3 Å². The molecular weight excluding hydrogens is 340 g/mol. The number of hydrogen-bond acceptors (Lipinski definition) is 3. The molecule has 138 valence electrons. The normalized spacial score (nSPS) is 14.3. The number of thiophene rings is 1. The average molecular weight is 369 g/mol. The second-order valence-corrected chi connectivity index (χ2v) is 8.18. The predicted molar refractivity (Wildman–Crippen MR) is 112 cm³/mol. The van der Waals surface area contributed by atoms with Crippen LogP contribution in [0.2, 0.25) is 0 Å². The molecule has 1 N–H and O–H groups in total. The Hall–Kier alpha value is -2.07. The molecule has 1 amide bonds. The number of anilines is 2. The van der Waals surface area contributed by atoms with E-state index in [2.05, 4.69) is 60.6 Å². The van der Waals surface area contributed by atoms with Gasteiger partial charge < -0.3 is 10.2 Å². The Kier molecular flexibility index (Phi) is 5.82. The smallest absolute Gasteiger partial charge is 0.224 e. The first kappa shape index (κ1) is 18.7. The molecule has 1 aliphatic rings. The maximum atomic E-state index is 12.3. The fourth-order valence-corrected chi connectivity index (χ4v) is 4.34. The fourth-order valence-electron chi connectivity index (χ4n) is 3.45. The van der Waals surface area contributed by atoms with E-state index in [1.807, 2.05) is 18.3 Å². The number of carbonyl (C=O) groups is 1. The third-order valence-electron chi connectivity index (χ3n) is 5.19. The number of hydrogen-bond donors (Lipinski definition) is 1. The van der Waals surface area contributed by atoms with E-state index in [9.17, 15) is 4.79 Å². The molecule has 0 unspecified atom stereocenters. The molecule has 3 nitrogen and oxygen atoms in total. The van der Waals surface area contributed by atoms with Gasteiger partial charge in [-0.2, -0.15) is 0 Å². The minimum absolute atomic E-state index is 0.0889. The Morgan fingerprint density at radius 2 is 2.00 bits per heavy atom. The van der Waals surface area contributed by atoms with Gasteiger partial charge in [-0.1, -0.05) is 11.6 Å². The Bertz CT molecular complexity index is 811. The monoisotopic (exact) mass is 368 g/mol. The molecular formula is C22H28N2OS. The maximum Gasteiger partial charge on any atom is 0.224 e. The Balaban J connectivity index is 1.71. The molecule has 0 fully saturated rings. The third kappa shape index (κ3) is 4.18. The molecule has 2 aromatic rings. The molecule has 0 spiro atoms. The topological polar surface area (TPSA) is 32.3 Å². The van der Waals surface area contributed by atoms with Crippen molar-refractivity contribution in [2.45, 2.75) is 53.5 Å². The quantitative estimate of drug-likeness (QED) is 0.695. The number of aryl methyl sites for hydroxylation is 2. The summed E-state index contributed by atoms with van der Waals surface area (Å²) in [4.78, 5) is 16.2. The van der Waals surface area contributed by atoms with Crippen molar-refractivity contribution in [1.82, 2.24) is 0 Å².